The fourth-order valence-electron chi connectivity index (χ4n) is 2.45. The molecule has 1 amide bonds. The molecule has 0 aliphatic heterocycles. The lowest BCUT2D eigenvalue weighted by molar-refractivity contribution is -0.119. The van der Waals surface area contributed by atoms with Crippen molar-refractivity contribution in [3.05, 3.63) is 77.1 Å². The lowest BCUT2D eigenvalue weighted by Gasteiger charge is -2.13. The second-order valence-corrected chi connectivity index (χ2v) is 7.27. The third kappa shape index (κ3) is 5.13. The lowest BCUT2D eigenvalue weighted by atomic mass is 10.1. The van der Waals surface area contributed by atoms with Crippen LogP contribution in [0.15, 0.2) is 65.3 Å². The molecule has 1 aromatic heterocycles. The number of hydrogen-bond acceptors (Lipinski definition) is 4. The van der Waals surface area contributed by atoms with E-state index >= 15 is 0 Å². The summed E-state index contributed by atoms with van der Waals surface area (Å²) in [4.78, 5) is 16.5. The van der Waals surface area contributed by atoms with Crippen molar-refractivity contribution in [3.63, 3.8) is 0 Å². The van der Waals surface area contributed by atoms with Gasteiger partial charge in [0, 0.05) is 16.3 Å². The molecule has 0 spiro atoms. The van der Waals surface area contributed by atoms with Gasteiger partial charge in [-0.05, 0) is 36.8 Å². The van der Waals surface area contributed by atoms with E-state index in [0.717, 1.165) is 16.8 Å². The summed E-state index contributed by atoms with van der Waals surface area (Å²) in [5.74, 6) is 1.55. The van der Waals surface area contributed by atoms with Crippen molar-refractivity contribution in [3.8, 4) is 11.5 Å². The minimum atomic E-state index is -0.00661. The molecule has 1 heterocycles. The van der Waals surface area contributed by atoms with Crippen LogP contribution in [0, 0.1) is 0 Å². The quantitative estimate of drug-likeness (QED) is 0.613. The fourth-order valence-corrected chi connectivity index (χ4v) is 3.29. The topological polar surface area (TPSA) is 55.1 Å². The number of nitrogens with zero attached hydrogens (tertiary/aromatic N) is 1. The fraction of sp³-hybridized carbons (Fsp3) is 0.200. The van der Waals surface area contributed by atoms with Crippen LogP contribution in [0.2, 0.25) is 5.02 Å². The molecule has 0 saturated carbocycles. The van der Waals surface area contributed by atoms with Crippen molar-refractivity contribution in [1.82, 2.24) is 10.3 Å². The highest BCUT2D eigenvalue weighted by atomic mass is 35.5. The zero-order valence-electron chi connectivity index (χ0n) is 14.3. The number of carbonyl (C=O) groups excluding carboxylic acids is 1. The molecule has 0 fully saturated rings. The highest BCUT2D eigenvalue weighted by molar-refractivity contribution is 7.99. The first-order valence-electron chi connectivity index (χ1n) is 8.24. The van der Waals surface area contributed by atoms with E-state index in [9.17, 15) is 4.79 Å². The summed E-state index contributed by atoms with van der Waals surface area (Å²) < 4.78 is 5.50. The predicted molar refractivity (Wildman–Crippen MR) is 106 cm³/mol. The molecule has 0 aliphatic rings. The number of rotatable bonds is 7. The standard InChI is InChI=1S/C20H19ClN2O2S/c1-14(15-5-3-2-4-6-15)22-19(24)13-26-12-18-11-25-20(23-18)16-7-9-17(21)10-8-16/h2-11,14H,12-13H2,1H3,(H,22,24). The SMILES string of the molecule is CC(NC(=O)CSCc1coc(-c2ccc(Cl)cc2)n1)c1ccccc1. The van der Waals surface area contributed by atoms with Crippen molar-refractivity contribution in [2.45, 2.75) is 18.7 Å². The van der Waals surface area contributed by atoms with E-state index in [4.69, 9.17) is 16.0 Å². The highest BCUT2D eigenvalue weighted by Gasteiger charge is 2.11. The van der Waals surface area contributed by atoms with E-state index in [1.165, 1.54) is 11.8 Å². The first-order chi connectivity index (χ1) is 12.6. The average molecular weight is 387 g/mol. The zero-order valence-corrected chi connectivity index (χ0v) is 15.9. The predicted octanol–water partition coefficient (Wildman–Crippen LogP) is 5.11. The maximum atomic E-state index is 12.1. The Morgan fingerprint density at radius 2 is 1.92 bits per heavy atom. The molecular weight excluding hydrogens is 368 g/mol. The number of thioether (sulfide) groups is 1. The molecule has 134 valence electrons. The van der Waals surface area contributed by atoms with Gasteiger partial charge in [0.05, 0.1) is 17.5 Å². The van der Waals surface area contributed by atoms with Crippen LogP contribution < -0.4 is 5.32 Å². The molecule has 3 rings (SSSR count). The molecule has 1 unspecified atom stereocenters. The Morgan fingerprint density at radius 1 is 1.19 bits per heavy atom. The van der Waals surface area contributed by atoms with Gasteiger partial charge >= 0.3 is 0 Å². The maximum absolute atomic E-state index is 12.1. The van der Waals surface area contributed by atoms with Gasteiger partial charge in [0.1, 0.15) is 6.26 Å². The molecule has 6 heteroatoms. The first-order valence-corrected chi connectivity index (χ1v) is 9.77. The number of hydrogen-bond donors (Lipinski definition) is 1. The number of oxazole rings is 1. The van der Waals surface area contributed by atoms with Gasteiger partial charge in [-0.2, -0.15) is 0 Å². The Bertz CT molecular complexity index is 850. The molecule has 0 saturated heterocycles. The number of aromatic nitrogens is 1. The van der Waals surface area contributed by atoms with Crippen LogP contribution in [0.5, 0.6) is 0 Å². The van der Waals surface area contributed by atoms with Gasteiger partial charge in [0.25, 0.3) is 0 Å². The molecular formula is C20H19ClN2O2S. The molecule has 0 bridgehead atoms. The Hall–Kier alpha value is -2.24. The van der Waals surface area contributed by atoms with E-state index in [-0.39, 0.29) is 11.9 Å². The summed E-state index contributed by atoms with van der Waals surface area (Å²) in [5.41, 5.74) is 2.78. The van der Waals surface area contributed by atoms with Gasteiger partial charge in [-0.15, -0.1) is 11.8 Å². The summed E-state index contributed by atoms with van der Waals surface area (Å²) in [6, 6.07) is 17.2. The van der Waals surface area contributed by atoms with E-state index in [1.54, 1.807) is 18.4 Å². The van der Waals surface area contributed by atoms with Gasteiger partial charge < -0.3 is 9.73 Å². The Labute approximate surface area is 162 Å². The van der Waals surface area contributed by atoms with Gasteiger partial charge in [-0.3, -0.25) is 4.79 Å². The summed E-state index contributed by atoms with van der Waals surface area (Å²) in [5, 5.41) is 3.68. The lowest BCUT2D eigenvalue weighted by Crippen LogP contribution is -2.28. The van der Waals surface area contributed by atoms with E-state index in [2.05, 4.69) is 10.3 Å². The van der Waals surface area contributed by atoms with Crippen LogP contribution >= 0.6 is 23.4 Å². The summed E-state index contributed by atoms with van der Waals surface area (Å²) >= 11 is 7.39. The Morgan fingerprint density at radius 3 is 2.65 bits per heavy atom. The number of benzene rings is 2. The monoisotopic (exact) mass is 386 g/mol. The van der Waals surface area contributed by atoms with E-state index in [0.29, 0.717) is 22.4 Å². The highest BCUT2D eigenvalue weighted by Crippen LogP contribution is 2.22. The van der Waals surface area contributed by atoms with E-state index in [1.807, 2.05) is 49.4 Å². The van der Waals surface area contributed by atoms with Crippen LogP contribution in [0.3, 0.4) is 0 Å². The van der Waals surface area contributed by atoms with Gasteiger partial charge in [0.15, 0.2) is 0 Å². The molecule has 26 heavy (non-hydrogen) atoms. The number of halogens is 1. The maximum Gasteiger partial charge on any atom is 0.230 e. The minimum Gasteiger partial charge on any atom is -0.444 e. The molecule has 0 aliphatic carbocycles. The molecule has 3 aromatic rings. The Kier molecular flexibility index (Phi) is 6.36. The normalized spacial score (nSPS) is 11.9. The van der Waals surface area contributed by atoms with Gasteiger partial charge in [-0.25, -0.2) is 4.98 Å². The number of amides is 1. The molecule has 0 radical (unpaired) electrons. The molecule has 4 nitrogen and oxygen atoms in total. The van der Waals surface area contributed by atoms with Crippen LogP contribution in [0.4, 0.5) is 0 Å². The number of nitrogens with one attached hydrogen (secondary N) is 1. The second-order valence-electron chi connectivity index (χ2n) is 5.84. The molecule has 1 N–H and O–H groups in total. The zero-order chi connectivity index (χ0) is 18.4. The summed E-state index contributed by atoms with van der Waals surface area (Å²) in [7, 11) is 0. The van der Waals surface area contributed by atoms with Crippen molar-refractivity contribution >= 4 is 29.3 Å². The Balaban J connectivity index is 1.46. The molecule has 1 atom stereocenters. The van der Waals surface area contributed by atoms with Crippen LogP contribution in [0.25, 0.3) is 11.5 Å². The van der Waals surface area contributed by atoms with Gasteiger partial charge in [-0.1, -0.05) is 41.9 Å². The van der Waals surface area contributed by atoms with Crippen LogP contribution in [0.1, 0.15) is 24.2 Å². The second kappa shape index (κ2) is 8.92. The van der Waals surface area contributed by atoms with Crippen LogP contribution in [-0.4, -0.2) is 16.6 Å². The third-order valence-corrected chi connectivity index (χ3v) is 5.02. The van der Waals surface area contributed by atoms with Crippen molar-refractivity contribution in [2.75, 3.05) is 5.75 Å². The molecule has 2 aromatic carbocycles. The smallest absolute Gasteiger partial charge is 0.230 e. The van der Waals surface area contributed by atoms with Crippen molar-refractivity contribution < 1.29 is 9.21 Å². The van der Waals surface area contributed by atoms with Crippen molar-refractivity contribution in [2.24, 2.45) is 0 Å². The summed E-state index contributed by atoms with van der Waals surface area (Å²) in [6.45, 7) is 1.98. The first kappa shape index (κ1) is 18.5. The van der Waals surface area contributed by atoms with Crippen molar-refractivity contribution in [1.29, 1.82) is 0 Å². The summed E-state index contributed by atoms with van der Waals surface area (Å²) in [6.07, 6.45) is 1.63. The van der Waals surface area contributed by atoms with Crippen LogP contribution in [-0.2, 0) is 10.5 Å². The third-order valence-electron chi connectivity index (χ3n) is 3.80. The van der Waals surface area contributed by atoms with Gasteiger partial charge in [0.2, 0.25) is 11.8 Å². The largest absolute Gasteiger partial charge is 0.444 e. The minimum absolute atomic E-state index is 0.00661. The van der Waals surface area contributed by atoms with E-state index < -0.39 is 0 Å². The number of carbonyl (C=O) groups is 1. The average Bonchev–Trinajstić information content (AvgIpc) is 3.12.